The first kappa shape index (κ1) is 19.6. The Morgan fingerprint density at radius 2 is 1.67 bits per heavy atom. The third-order valence-corrected chi connectivity index (χ3v) is 4.32. The molecule has 1 heterocycles. The number of hydrogen-bond donors (Lipinski definition) is 1. The Balaban J connectivity index is 1.61. The topological polar surface area (TPSA) is 47.0 Å². The van der Waals surface area contributed by atoms with E-state index in [4.69, 9.17) is 0 Å². The summed E-state index contributed by atoms with van der Waals surface area (Å²) in [7, 11) is 0. The minimum atomic E-state index is -4.58. The zero-order valence-corrected chi connectivity index (χ0v) is 15.4. The van der Waals surface area contributed by atoms with E-state index < -0.39 is 18.3 Å². The summed E-state index contributed by atoms with van der Waals surface area (Å²) < 4.78 is 55.1. The normalized spacial score (nSPS) is 11.6. The van der Waals surface area contributed by atoms with E-state index in [0.29, 0.717) is 11.4 Å². The van der Waals surface area contributed by atoms with Crippen LogP contribution in [0.5, 0.6) is 5.75 Å². The Morgan fingerprint density at radius 3 is 2.50 bits per heavy atom. The van der Waals surface area contributed by atoms with Crippen molar-refractivity contribution in [1.29, 1.82) is 0 Å². The third kappa shape index (κ3) is 4.17. The van der Waals surface area contributed by atoms with Crippen LogP contribution in [-0.2, 0) is 0 Å². The van der Waals surface area contributed by atoms with Crippen molar-refractivity contribution in [2.24, 2.45) is 0 Å². The molecule has 1 N–H and O–H groups in total. The SMILES string of the molecule is FC(F)C(F)(F)Oc1cccc(Nc2nccc(-c3cccc4ccccc34)n2)c1. The molecule has 0 fully saturated rings. The van der Waals surface area contributed by atoms with Crippen LogP contribution in [0.15, 0.2) is 79.0 Å². The Kier molecular flexibility index (Phi) is 5.22. The molecule has 0 aliphatic heterocycles. The van der Waals surface area contributed by atoms with Crippen LogP contribution in [0.25, 0.3) is 22.0 Å². The average molecular weight is 413 g/mol. The molecule has 0 aliphatic rings. The molecule has 0 unspecified atom stereocenters. The van der Waals surface area contributed by atoms with Gasteiger partial charge in [-0.2, -0.15) is 17.6 Å². The summed E-state index contributed by atoms with van der Waals surface area (Å²) in [5, 5.41) is 4.97. The molecular weight excluding hydrogens is 398 g/mol. The highest BCUT2D eigenvalue weighted by Gasteiger charge is 2.43. The van der Waals surface area contributed by atoms with Crippen molar-refractivity contribution in [3.63, 3.8) is 0 Å². The lowest BCUT2D eigenvalue weighted by molar-refractivity contribution is -0.253. The number of rotatable bonds is 6. The van der Waals surface area contributed by atoms with Gasteiger partial charge in [0.25, 0.3) is 0 Å². The van der Waals surface area contributed by atoms with Crippen molar-refractivity contribution < 1.29 is 22.3 Å². The van der Waals surface area contributed by atoms with Crippen LogP contribution in [0.4, 0.5) is 29.2 Å². The number of nitrogens with zero attached hydrogens (tertiary/aromatic N) is 2. The molecule has 4 rings (SSSR count). The summed E-state index contributed by atoms with van der Waals surface area (Å²) in [5.41, 5.74) is 1.89. The minimum absolute atomic E-state index is 0.221. The number of nitrogens with one attached hydrogen (secondary N) is 1. The quantitative estimate of drug-likeness (QED) is 0.378. The molecule has 30 heavy (non-hydrogen) atoms. The summed E-state index contributed by atoms with van der Waals surface area (Å²) in [6, 6.07) is 20.8. The van der Waals surface area contributed by atoms with Gasteiger partial charge < -0.3 is 10.1 Å². The fourth-order valence-corrected chi connectivity index (χ4v) is 2.99. The predicted octanol–water partition coefficient (Wildman–Crippen LogP) is 6.28. The molecule has 0 saturated heterocycles. The van der Waals surface area contributed by atoms with Gasteiger partial charge in [0.2, 0.25) is 5.95 Å². The molecule has 0 aliphatic carbocycles. The highest BCUT2D eigenvalue weighted by molar-refractivity contribution is 5.95. The maximum atomic E-state index is 13.1. The number of halogens is 4. The number of anilines is 2. The second-order valence-corrected chi connectivity index (χ2v) is 6.41. The molecular formula is C22H15F4N3O. The number of benzene rings is 3. The Bertz CT molecular complexity index is 1180. The van der Waals surface area contributed by atoms with E-state index in [9.17, 15) is 17.6 Å². The second kappa shape index (κ2) is 7.98. The van der Waals surface area contributed by atoms with Crippen molar-refractivity contribution >= 4 is 22.4 Å². The lowest BCUT2D eigenvalue weighted by Gasteiger charge is -2.17. The number of ether oxygens (including phenoxy) is 1. The monoisotopic (exact) mass is 413 g/mol. The summed E-state index contributed by atoms with van der Waals surface area (Å²) >= 11 is 0. The Labute approximate surface area is 169 Å². The van der Waals surface area contributed by atoms with Crippen molar-refractivity contribution in [2.45, 2.75) is 12.5 Å². The van der Waals surface area contributed by atoms with E-state index in [1.54, 1.807) is 18.3 Å². The molecule has 0 radical (unpaired) electrons. The van der Waals surface area contributed by atoms with Gasteiger partial charge >= 0.3 is 12.5 Å². The van der Waals surface area contributed by atoms with E-state index in [0.717, 1.165) is 22.4 Å². The number of alkyl halides is 4. The smallest absolute Gasteiger partial charge is 0.428 e. The molecule has 0 bridgehead atoms. The summed E-state index contributed by atoms with van der Waals surface area (Å²) in [5.74, 6) is -0.186. The van der Waals surface area contributed by atoms with Gasteiger partial charge in [0.05, 0.1) is 5.69 Å². The van der Waals surface area contributed by atoms with Gasteiger partial charge in [-0.3, -0.25) is 0 Å². The fraction of sp³-hybridized carbons (Fsp3) is 0.0909. The number of aromatic nitrogens is 2. The summed E-state index contributed by atoms with van der Waals surface area (Å²) in [6.07, 6.45) is -6.95. The highest BCUT2D eigenvalue weighted by Crippen LogP contribution is 2.30. The average Bonchev–Trinajstić information content (AvgIpc) is 2.73. The van der Waals surface area contributed by atoms with Gasteiger partial charge in [0, 0.05) is 23.5 Å². The molecule has 0 atom stereocenters. The lowest BCUT2D eigenvalue weighted by atomic mass is 10.0. The first-order valence-electron chi connectivity index (χ1n) is 8.96. The van der Waals surface area contributed by atoms with Gasteiger partial charge in [0.1, 0.15) is 5.75 Å². The fourth-order valence-electron chi connectivity index (χ4n) is 2.99. The van der Waals surface area contributed by atoms with Crippen molar-refractivity contribution in [3.05, 3.63) is 79.0 Å². The maximum Gasteiger partial charge on any atom is 0.461 e. The second-order valence-electron chi connectivity index (χ2n) is 6.41. The van der Waals surface area contributed by atoms with Gasteiger partial charge in [-0.15, -0.1) is 0 Å². The van der Waals surface area contributed by atoms with E-state index in [-0.39, 0.29) is 5.95 Å². The highest BCUT2D eigenvalue weighted by atomic mass is 19.3. The maximum absolute atomic E-state index is 13.1. The van der Waals surface area contributed by atoms with E-state index in [2.05, 4.69) is 20.0 Å². The molecule has 0 saturated carbocycles. The molecule has 4 aromatic rings. The van der Waals surface area contributed by atoms with Crippen LogP contribution in [0, 0.1) is 0 Å². The van der Waals surface area contributed by atoms with E-state index >= 15 is 0 Å². The molecule has 0 spiro atoms. The van der Waals surface area contributed by atoms with Crippen LogP contribution >= 0.6 is 0 Å². The largest absolute Gasteiger partial charge is 0.461 e. The Morgan fingerprint density at radius 1 is 0.900 bits per heavy atom. The van der Waals surface area contributed by atoms with Gasteiger partial charge in [-0.05, 0) is 29.0 Å². The Hall–Kier alpha value is -3.68. The number of fused-ring (bicyclic) bond motifs is 1. The van der Waals surface area contributed by atoms with Crippen molar-refractivity contribution in [3.8, 4) is 17.0 Å². The van der Waals surface area contributed by atoms with Crippen molar-refractivity contribution in [2.75, 3.05) is 5.32 Å². The van der Waals surface area contributed by atoms with E-state index in [1.807, 2.05) is 42.5 Å². The predicted molar refractivity (Wildman–Crippen MR) is 106 cm³/mol. The molecule has 152 valence electrons. The van der Waals surface area contributed by atoms with Crippen LogP contribution in [0.1, 0.15) is 0 Å². The van der Waals surface area contributed by atoms with Gasteiger partial charge in [-0.1, -0.05) is 48.5 Å². The van der Waals surface area contributed by atoms with E-state index in [1.165, 1.54) is 12.1 Å². The lowest BCUT2D eigenvalue weighted by Crippen LogP contribution is -2.33. The first-order valence-corrected chi connectivity index (χ1v) is 8.96. The van der Waals surface area contributed by atoms with Crippen LogP contribution in [0.2, 0.25) is 0 Å². The van der Waals surface area contributed by atoms with Crippen LogP contribution in [-0.4, -0.2) is 22.5 Å². The zero-order valence-electron chi connectivity index (χ0n) is 15.4. The zero-order chi connectivity index (χ0) is 21.1. The summed E-state index contributed by atoms with van der Waals surface area (Å²) in [4.78, 5) is 8.63. The van der Waals surface area contributed by atoms with Crippen LogP contribution < -0.4 is 10.1 Å². The molecule has 4 nitrogen and oxygen atoms in total. The molecule has 3 aromatic carbocycles. The van der Waals surface area contributed by atoms with Gasteiger partial charge in [0.15, 0.2) is 0 Å². The molecule has 1 aromatic heterocycles. The minimum Gasteiger partial charge on any atom is -0.428 e. The van der Waals surface area contributed by atoms with Crippen LogP contribution in [0.3, 0.4) is 0 Å². The first-order chi connectivity index (χ1) is 14.4. The number of hydrogen-bond acceptors (Lipinski definition) is 4. The van der Waals surface area contributed by atoms with Crippen molar-refractivity contribution in [1.82, 2.24) is 9.97 Å². The summed E-state index contributed by atoms with van der Waals surface area (Å²) in [6.45, 7) is 0. The molecule has 0 amide bonds. The third-order valence-electron chi connectivity index (χ3n) is 4.32. The van der Waals surface area contributed by atoms with Gasteiger partial charge in [-0.25, -0.2) is 9.97 Å². The standard InChI is InChI=1S/C22H15F4N3O/c23-20(24)22(25,26)30-16-8-4-7-15(13-16)28-21-27-12-11-19(29-21)18-10-3-6-14-5-1-2-9-17(14)18/h1-13,20H,(H,27,28,29). The molecule has 8 heteroatoms.